The number of nitrogens with one attached hydrogen (secondary N) is 1. The van der Waals surface area contributed by atoms with Crippen LogP contribution in [0.2, 0.25) is 0 Å². The Balaban J connectivity index is 1.55. The average Bonchev–Trinajstić information content (AvgIpc) is 2.92. The van der Waals surface area contributed by atoms with Crippen molar-refractivity contribution in [2.45, 2.75) is 44.7 Å². The number of carbonyl (C=O) groups is 3. The number of anilines is 1. The van der Waals surface area contributed by atoms with Crippen molar-refractivity contribution in [1.29, 1.82) is 0 Å². The summed E-state index contributed by atoms with van der Waals surface area (Å²) in [6.45, 7) is 2.33. The number of amides is 3. The minimum absolute atomic E-state index is 0.169. The van der Waals surface area contributed by atoms with Crippen molar-refractivity contribution in [1.82, 2.24) is 15.2 Å². The second-order valence-electron chi connectivity index (χ2n) is 6.61. The molecule has 3 aliphatic heterocycles. The number of pyridine rings is 1. The van der Waals surface area contributed by atoms with Gasteiger partial charge in [-0.1, -0.05) is 0 Å². The molecule has 0 saturated carbocycles. The van der Waals surface area contributed by atoms with Crippen molar-refractivity contribution in [2.24, 2.45) is 0 Å². The molecule has 0 radical (unpaired) electrons. The van der Waals surface area contributed by atoms with Gasteiger partial charge in [0.05, 0.1) is 17.8 Å². The summed E-state index contributed by atoms with van der Waals surface area (Å²) in [4.78, 5) is 44.4. The molecular weight excluding hydrogens is 308 g/mol. The van der Waals surface area contributed by atoms with E-state index in [9.17, 15) is 14.4 Å². The maximum atomic E-state index is 12.6. The Labute approximate surface area is 140 Å². The SMILES string of the molecule is O=C1CCC(N2Cc3nc(N4CCCCC4)ccc3C2=O)C(=O)N1. The molecule has 0 spiro atoms. The summed E-state index contributed by atoms with van der Waals surface area (Å²) in [5.41, 5.74) is 1.30. The molecule has 2 saturated heterocycles. The van der Waals surface area contributed by atoms with E-state index in [1.807, 2.05) is 12.1 Å². The van der Waals surface area contributed by atoms with Gasteiger partial charge in [0.25, 0.3) is 5.91 Å². The van der Waals surface area contributed by atoms with Crippen LogP contribution in [0.5, 0.6) is 0 Å². The lowest BCUT2D eigenvalue weighted by molar-refractivity contribution is -0.136. The molecule has 7 nitrogen and oxygen atoms in total. The van der Waals surface area contributed by atoms with Crippen molar-refractivity contribution >= 4 is 23.5 Å². The maximum Gasteiger partial charge on any atom is 0.256 e. The Kier molecular flexibility index (Phi) is 3.70. The Morgan fingerprint density at radius 2 is 1.88 bits per heavy atom. The number of nitrogens with zero attached hydrogens (tertiary/aromatic N) is 3. The van der Waals surface area contributed by atoms with E-state index in [4.69, 9.17) is 0 Å². The number of piperidine rings is 2. The van der Waals surface area contributed by atoms with Gasteiger partial charge in [0.2, 0.25) is 11.8 Å². The maximum absolute atomic E-state index is 12.6. The molecule has 126 valence electrons. The zero-order valence-corrected chi connectivity index (χ0v) is 13.5. The van der Waals surface area contributed by atoms with Crippen molar-refractivity contribution in [2.75, 3.05) is 18.0 Å². The highest BCUT2D eigenvalue weighted by atomic mass is 16.2. The predicted molar refractivity (Wildman–Crippen MR) is 86.3 cm³/mol. The number of rotatable bonds is 2. The van der Waals surface area contributed by atoms with E-state index in [0.717, 1.165) is 24.6 Å². The van der Waals surface area contributed by atoms with Gasteiger partial charge in [0, 0.05) is 19.5 Å². The molecule has 2 fully saturated rings. The van der Waals surface area contributed by atoms with E-state index in [-0.39, 0.29) is 24.1 Å². The van der Waals surface area contributed by atoms with E-state index < -0.39 is 6.04 Å². The summed E-state index contributed by atoms with van der Waals surface area (Å²) in [6, 6.07) is 3.14. The van der Waals surface area contributed by atoms with Crippen LogP contribution in [0.4, 0.5) is 5.82 Å². The summed E-state index contributed by atoms with van der Waals surface area (Å²) >= 11 is 0. The van der Waals surface area contributed by atoms with Gasteiger partial charge in [0.15, 0.2) is 0 Å². The minimum atomic E-state index is -0.581. The Hall–Kier alpha value is -2.44. The largest absolute Gasteiger partial charge is 0.357 e. The van der Waals surface area contributed by atoms with Crippen molar-refractivity contribution in [3.05, 3.63) is 23.4 Å². The lowest BCUT2D eigenvalue weighted by atomic mass is 10.0. The van der Waals surface area contributed by atoms with Gasteiger partial charge in [-0.25, -0.2) is 4.98 Å². The van der Waals surface area contributed by atoms with Crippen LogP contribution in [0.15, 0.2) is 12.1 Å². The normalized spacial score (nSPS) is 24.2. The first-order valence-electron chi connectivity index (χ1n) is 8.53. The fourth-order valence-electron chi connectivity index (χ4n) is 3.72. The summed E-state index contributed by atoms with van der Waals surface area (Å²) in [5, 5.41) is 2.32. The Morgan fingerprint density at radius 3 is 2.62 bits per heavy atom. The molecule has 1 N–H and O–H groups in total. The molecule has 4 rings (SSSR count). The molecule has 3 aliphatic rings. The summed E-state index contributed by atoms with van der Waals surface area (Å²) in [5.74, 6) is 0.0816. The van der Waals surface area contributed by atoms with E-state index in [1.165, 1.54) is 19.3 Å². The number of hydrogen-bond acceptors (Lipinski definition) is 5. The van der Waals surface area contributed by atoms with Crippen LogP contribution < -0.4 is 10.2 Å². The van der Waals surface area contributed by atoms with Crippen LogP contribution in [-0.4, -0.2) is 46.7 Å². The molecule has 3 amide bonds. The van der Waals surface area contributed by atoms with Gasteiger partial charge in [0.1, 0.15) is 11.9 Å². The number of hydrogen-bond donors (Lipinski definition) is 1. The fourth-order valence-corrected chi connectivity index (χ4v) is 3.72. The third-order valence-corrected chi connectivity index (χ3v) is 5.04. The first kappa shape index (κ1) is 15.1. The standard InChI is InChI=1S/C17H20N4O3/c22-15-7-5-13(16(23)19-15)21-10-12-11(17(21)24)4-6-14(18-12)20-8-2-1-3-9-20/h4,6,13H,1-3,5,7-10H2,(H,19,22,23). The third-order valence-electron chi connectivity index (χ3n) is 5.04. The minimum Gasteiger partial charge on any atom is -0.357 e. The van der Waals surface area contributed by atoms with Crippen LogP contribution >= 0.6 is 0 Å². The summed E-state index contributed by atoms with van der Waals surface area (Å²) in [6.07, 6.45) is 4.23. The Bertz CT molecular complexity index is 712. The number of carbonyl (C=O) groups excluding carboxylic acids is 3. The van der Waals surface area contributed by atoms with Crippen LogP contribution in [0, 0.1) is 0 Å². The second kappa shape index (κ2) is 5.89. The molecule has 1 aromatic rings. The summed E-state index contributed by atoms with van der Waals surface area (Å²) < 4.78 is 0. The first-order valence-corrected chi connectivity index (χ1v) is 8.53. The topological polar surface area (TPSA) is 82.6 Å². The van der Waals surface area contributed by atoms with Crippen LogP contribution in [0.1, 0.15) is 48.2 Å². The molecule has 0 aliphatic carbocycles. The molecule has 0 aromatic carbocycles. The number of fused-ring (bicyclic) bond motifs is 1. The van der Waals surface area contributed by atoms with Gasteiger partial charge >= 0.3 is 0 Å². The quantitative estimate of drug-likeness (QED) is 0.813. The zero-order chi connectivity index (χ0) is 16.7. The smallest absolute Gasteiger partial charge is 0.256 e. The highest BCUT2D eigenvalue weighted by molar-refractivity contribution is 6.05. The third kappa shape index (κ3) is 2.53. The van der Waals surface area contributed by atoms with Gasteiger partial charge in [-0.15, -0.1) is 0 Å². The molecule has 1 atom stereocenters. The average molecular weight is 328 g/mol. The van der Waals surface area contributed by atoms with Gasteiger partial charge in [-0.3, -0.25) is 19.7 Å². The van der Waals surface area contributed by atoms with E-state index in [1.54, 1.807) is 4.90 Å². The monoisotopic (exact) mass is 328 g/mol. The highest BCUT2D eigenvalue weighted by Gasteiger charge is 2.39. The second-order valence-corrected chi connectivity index (χ2v) is 6.61. The van der Waals surface area contributed by atoms with Gasteiger partial charge < -0.3 is 9.80 Å². The lowest BCUT2D eigenvalue weighted by Crippen LogP contribution is -2.52. The summed E-state index contributed by atoms with van der Waals surface area (Å²) in [7, 11) is 0. The molecule has 4 heterocycles. The Morgan fingerprint density at radius 1 is 1.08 bits per heavy atom. The van der Waals surface area contributed by atoms with E-state index in [0.29, 0.717) is 18.5 Å². The van der Waals surface area contributed by atoms with Crippen molar-refractivity contribution < 1.29 is 14.4 Å². The van der Waals surface area contributed by atoms with Crippen molar-refractivity contribution in [3.63, 3.8) is 0 Å². The molecule has 1 unspecified atom stereocenters. The molecule has 1 aromatic heterocycles. The first-order chi connectivity index (χ1) is 11.6. The van der Waals surface area contributed by atoms with Crippen LogP contribution in [-0.2, 0) is 16.1 Å². The molecule has 24 heavy (non-hydrogen) atoms. The zero-order valence-electron chi connectivity index (χ0n) is 13.5. The predicted octanol–water partition coefficient (Wildman–Crippen LogP) is 0.833. The fraction of sp³-hybridized carbons (Fsp3) is 0.529. The highest BCUT2D eigenvalue weighted by Crippen LogP contribution is 2.28. The van der Waals surface area contributed by atoms with E-state index in [2.05, 4.69) is 15.2 Å². The lowest BCUT2D eigenvalue weighted by Gasteiger charge is -2.29. The number of imide groups is 1. The molecular formula is C17H20N4O3. The van der Waals surface area contributed by atoms with Crippen molar-refractivity contribution in [3.8, 4) is 0 Å². The van der Waals surface area contributed by atoms with Crippen LogP contribution in [0.25, 0.3) is 0 Å². The molecule has 7 heteroatoms. The van der Waals surface area contributed by atoms with E-state index >= 15 is 0 Å². The number of aromatic nitrogens is 1. The van der Waals surface area contributed by atoms with Gasteiger partial charge in [-0.2, -0.15) is 0 Å². The van der Waals surface area contributed by atoms with Gasteiger partial charge in [-0.05, 0) is 37.8 Å². The van der Waals surface area contributed by atoms with Crippen LogP contribution in [0.3, 0.4) is 0 Å². The molecule has 0 bridgehead atoms.